The van der Waals surface area contributed by atoms with Crippen molar-refractivity contribution in [3.8, 4) is 0 Å². The molecule has 0 heterocycles. The molecule has 0 aromatic rings. The first-order chi connectivity index (χ1) is 5.54. The molecule has 68 valence electrons. The number of aliphatic carboxylic acids is 1. The highest BCUT2D eigenvalue weighted by molar-refractivity contribution is 6.26. The average Bonchev–Trinajstić information content (AvgIpc) is 1.87. The Bertz CT molecular complexity index is 186. The van der Waals surface area contributed by atoms with Crippen molar-refractivity contribution in [3.05, 3.63) is 24.5 Å². The van der Waals surface area contributed by atoms with Crippen LogP contribution in [0.2, 0.25) is 0 Å². The number of ether oxygens (including phenoxy) is 1. The minimum absolute atomic E-state index is 0.329. The van der Waals surface area contributed by atoms with Gasteiger partial charge in [-0.2, -0.15) is 0 Å². The molecular weight excluding hydrogens is 184 g/mol. The molecular formula is C7H9ClO4. The fourth-order valence-electron chi connectivity index (χ4n) is 0.171. The summed E-state index contributed by atoms with van der Waals surface area (Å²) in [6.07, 6.45) is 1.95. The summed E-state index contributed by atoms with van der Waals surface area (Å²) in [5.74, 6) is -1.35. The normalized spacial score (nSPS) is 8.17. The van der Waals surface area contributed by atoms with Crippen LogP contribution in [-0.4, -0.2) is 17.0 Å². The number of esters is 1. The smallest absolute Gasteiger partial charge is 0.329 e. The van der Waals surface area contributed by atoms with E-state index in [1.165, 1.54) is 6.92 Å². The molecule has 1 N–H and O–H groups in total. The summed E-state index contributed by atoms with van der Waals surface area (Å²) in [4.78, 5) is 19.2. The van der Waals surface area contributed by atoms with E-state index in [1.54, 1.807) is 0 Å². The van der Waals surface area contributed by atoms with Gasteiger partial charge in [-0.25, -0.2) is 4.79 Å². The summed E-state index contributed by atoms with van der Waals surface area (Å²) >= 11 is 4.84. The first-order valence-corrected chi connectivity index (χ1v) is 3.26. The van der Waals surface area contributed by atoms with Crippen molar-refractivity contribution in [1.82, 2.24) is 0 Å². The average molecular weight is 193 g/mol. The van der Waals surface area contributed by atoms with Gasteiger partial charge in [0, 0.05) is 18.5 Å². The van der Waals surface area contributed by atoms with E-state index in [0.29, 0.717) is 0 Å². The van der Waals surface area contributed by atoms with Crippen molar-refractivity contribution in [3.63, 3.8) is 0 Å². The van der Waals surface area contributed by atoms with Crippen molar-refractivity contribution in [2.45, 2.75) is 6.92 Å². The molecule has 0 aromatic carbocycles. The molecule has 0 unspecified atom stereocenters. The molecule has 0 rings (SSSR count). The summed E-state index contributed by atoms with van der Waals surface area (Å²) in [7, 11) is 0. The molecule has 0 fully saturated rings. The number of hydrogen-bond acceptors (Lipinski definition) is 3. The van der Waals surface area contributed by atoms with E-state index in [4.69, 9.17) is 16.7 Å². The van der Waals surface area contributed by atoms with E-state index in [0.717, 1.165) is 17.9 Å². The van der Waals surface area contributed by atoms with E-state index >= 15 is 0 Å². The second kappa shape index (κ2) is 9.71. The lowest BCUT2D eigenvalue weighted by Gasteiger charge is -1.83. The highest BCUT2D eigenvalue weighted by Gasteiger charge is 1.79. The van der Waals surface area contributed by atoms with Crippen molar-refractivity contribution in [2.75, 3.05) is 0 Å². The van der Waals surface area contributed by atoms with Gasteiger partial charge in [0.15, 0.2) is 0 Å². The highest BCUT2D eigenvalue weighted by atomic mass is 35.5. The fourth-order valence-corrected chi connectivity index (χ4v) is 0.279. The summed E-state index contributed by atoms with van der Waals surface area (Å²) in [5.41, 5.74) is 0.947. The maximum atomic E-state index is 9.75. The molecule has 0 saturated heterocycles. The van der Waals surface area contributed by atoms with Gasteiger partial charge in [-0.1, -0.05) is 18.2 Å². The molecule has 0 bridgehead atoms. The van der Waals surface area contributed by atoms with E-state index in [-0.39, 0.29) is 5.97 Å². The summed E-state index contributed by atoms with van der Waals surface area (Å²) in [6, 6.07) is 0. The van der Waals surface area contributed by atoms with Crippen molar-refractivity contribution < 1.29 is 19.4 Å². The Kier molecular flexibility index (Phi) is 10.8. The second-order valence-electron chi connectivity index (χ2n) is 1.41. The maximum Gasteiger partial charge on any atom is 0.329 e. The lowest BCUT2D eigenvalue weighted by atomic mass is 10.7. The quantitative estimate of drug-likeness (QED) is 0.409. The number of halogens is 1. The third kappa shape index (κ3) is 23.3. The van der Waals surface area contributed by atoms with Crippen LogP contribution < -0.4 is 0 Å². The third-order valence-corrected chi connectivity index (χ3v) is 0.581. The van der Waals surface area contributed by atoms with Crippen LogP contribution in [0.15, 0.2) is 24.5 Å². The lowest BCUT2D eigenvalue weighted by Crippen LogP contribution is -1.87. The first-order valence-electron chi connectivity index (χ1n) is 2.82. The second-order valence-corrected chi connectivity index (χ2v) is 1.66. The molecule has 0 aliphatic heterocycles. The Morgan fingerprint density at radius 1 is 1.58 bits per heavy atom. The monoisotopic (exact) mass is 192 g/mol. The van der Waals surface area contributed by atoms with Gasteiger partial charge in [0.05, 0.1) is 6.26 Å². The summed E-state index contributed by atoms with van der Waals surface area (Å²) in [6.45, 7) is 4.48. The largest absolute Gasteiger partial charge is 0.478 e. The topological polar surface area (TPSA) is 63.6 Å². The number of carboxylic acid groups (broad SMARTS) is 1. The Morgan fingerprint density at radius 2 is 2.08 bits per heavy atom. The predicted molar refractivity (Wildman–Crippen MR) is 44.6 cm³/mol. The Morgan fingerprint density at radius 3 is 2.08 bits per heavy atom. The standard InChI is InChI=1S/C4H6O2.C3H3ClO2/c1-3-6-4(2)5;4-2-1-3(5)6/h3H,1H2,2H3;1-2H,(H,5,6). The van der Waals surface area contributed by atoms with Gasteiger partial charge in [-0.3, -0.25) is 4.79 Å². The summed E-state index contributed by atoms with van der Waals surface area (Å²) < 4.78 is 4.17. The van der Waals surface area contributed by atoms with Crippen LogP contribution in [0.4, 0.5) is 0 Å². The van der Waals surface area contributed by atoms with Gasteiger partial charge >= 0.3 is 11.9 Å². The molecule has 0 aliphatic carbocycles. The van der Waals surface area contributed by atoms with Crippen LogP contribution in [0, 0.1) is 0 Å². The van der Waals surface area contributed by atoms with Crippen LogP contribution in [0.5, 0.6) is 0 Å². The zero-order chi connectivity index (χ0) is 9.98. The Hall–Kier alpha value is -1.29. The number of carbonyl (C=O) groups is 2. The van der Waals surface area contributed by atoms with Gasteiger partial charge < -0.3 is 9.84 Å². The van der Waals surface area contributed by atoms with Crippen molar-refractivity contribution in [2.24, 2.45) is 0 Å². The molecule has 0 radical (unpaired) electrons. The molecule has 0 spiro atoms. The number of hydrogen-bond donors (Lipinski definition) is 1. The molecule has 4 nitrogen and oxygen atoms in total. The molecule has 0 amide bonds. The van der Waals surface area contributed by atoms with E-state index in [2.05, 4.69) is 11.3 Å². The van der Waals surface area contributed by atoms with E-state index in [1.807, 2.05) is 0 Å². The zero-order valence-electron chi connectivity index (χ0n) is 6.49. The molecule has 5 heteroatoms. The highest BCUT2D eigenvalue weighted by Crippen LogP contribution is 1.74. The van der Waals surface area contributed by atoms with E-state index < -0.39 is 5.97 Å². The van der Waals surface area contributed by atoms with E-state index in [9.17, 15) is 9.59 Å². The van der Waals surface area contributed by atoms with Crippen molar-refractivity contribution >= 4 is 23.5 Å². The van der Waals surface area contributed by atoms with Crippen molar-refractivity contribution in [1.29, 1.82) is 0 Å². The van der Waals surface area contributed by atoms with Crippen LogP contribution >= 0.6 is 11.6 Å². The number of carbonyl (C=O) groups excluding carboxylic acids is 1. The van der Waals surface area contributed by atoms with Crippen LogP contribution in [0.25, 0.3) is 0 Å². The molecule has 0 aromatic heterocycles. The summed E-state index contributed by atoms with van der Waals surface area (Å²) in [5, 5.41) is 7.74. The van der Waals surface area contributed by atoms with Crippen LogP contribution in [0.1, 0.15) is 6.92 Å². The van der Waals surface area contributed by atoms with Crippen LogP contribution in [0.3, 0.4) is 0 Å². The molecule has 0 atom stereocenters. The van der Waals surface area contributed by atoms with Gasteiger partial charge in [0.2, 0.25) is 0 Å². The minimum Gasteiger partial charge on any atom is -0.478 e. The fraction of sp³-hybridized carbons (Fsp3) is 0.143. The SMILES string of the molecule is C=COC(C)=O.O=C(O)C=CCl. The number of rotatable bonds is 2. The molecule has 0 aliphatic rings. The third-order valence-electron chi connectivity index (χ3n) is 0.455. The first kappa shape index (κ1) is 13.3. The molecule has 12 heavy (non-hydrogen) atoms. The minimum atomic E-state index is -1.02. The van der Waals surface area contributed by atoms with Gasteiger partial charge in [0.1, 0.15) is 0 Å². The molecule has 0 saturated carbocycles. The van der Waals surface area contributed by atoms with Gasteiger partial charge in [0.25, 0.3) is 0 Å². The Labute approximate surface area is 75.1 Å². The van der Waals surface area contributed by atoms with Gasteiger partial charge in [-0.05, 0) is 0 Å². The zero-order valence-corrected chi connectivity index (χ0v) is 7.25. The predicted octanol–water partition coefficient (Wildman–Crippen LogP) is 1.52. The maximum absolute atomic E-state index is 9.75. The Balaban J connectivity index is 0. The lowest BCUT2D eigenvalue weighted by molar-refractivity contribution is -0.135. The van der Waals surface area contributed by atoms with Gasteiger partial charge in [-0.15, -0.1) is 0 Å². The number of carboxylic acids is 1. The van der Waals surface area contributed by atoms with Crippen LogP contribution in [-0.2, 0) is 14.3 Å².